The highest BCUT2D eigenvalue weighted by Gasteiger charge is 2.60. The minimum absolute atomic E-state index is 0.243. The molecule has 0 spiro atoms. The highest BCUT2D eigenvalue weighted by Crippen LogP contribution is 2.68. The second-order valence-corrected chi connectivity index (χ2v) is 16.4. The third-order valence-corrected chi connectivity index (χ3v) is 12.8. The number of quaternary nitrogens is 1. The Balaban J connectivity index is 0.000000505. The van der Waals surface area contributed by atoms with Gasteiger partial charge in [-0.25, -0.2) is 8.42 Å². The van der Waals surface area contributed by atoms with E-state index < -0.39 is 10.1 Å². The SMILES string of the molecule is CCCS(=O)(=O)[O-].CCC[C@@H](C)[C@H]1CCC2C3CCC4CC(N[N+](C)(C)CCC)CC[C@]4(C)C3CC[C@@]21C. The summed E-state index contributed by atoms with van der Waals surface area (Å²) in [6.07, 6.45) is 18.0. The van der Waals surface area contributed by atoms with Crippen molar-refractivity contribution in [2.45, 2.75) is 131 Å². The molecular weight excluding hydrogens is 492 g/mol. The number of nitrogens with zero attached hydrogens (tertiary/aromatic N) is 1. The van der Waals surface area contributed by atoms with Crippen LogP contribution in [0, 0.1) is 46.3 Å². The highest BCUT2D eigenvalue weighted by atomic mass is 32.2. The van der Waals surface area contributed by atoms with E-state index in [2.05, 4.69) is 54.1 Å². The molecule has 6 heteroatoms. The van der Waals surface area contributed by atoms with E-state index >= 15 is 0 Å². The van der Waals surface area contributed by atoms with Crippen LogP contribution in [0.4, 0.5) is 0 Å². The summed E-state index contributed by atoms with van der Waals surface area (Å²) in [5.74, 6) is 5.75. The van der Waals surface area contributed by atoms with Crippen molar-refractivity contribution in [3.8, 4) is 0 Å². The van der Waals surface area contributed by atoms with Crippen molar-refractivity contribution in [2.24, 2.45) is 46.3 Å². The smallest absolute Gasteiger partial charge is 0.0955 e. The van der Waals surface area contributed by atoms with Gasteiger partial charge >= 0.3 is 0 Å². The van der Waals surface area contributed by atoms with Crippen molar-refractivity contribution in [3.05, 3.63) is 0 Å². The lowest BCUT2D eigenvalue weighted by Gasteiger charge is -2.61. The quantitative estimate of drug-likeness (QED) is 0.183. The van der Waals surface area contributed by atoms with E-state index in [0.717, 1.165) is 46.1 Å². The van der Waals surface area contributed by atoms with Crippen molar-refractivity contribution in [1.29, 1.82) is 0 Å². The fourth-order valence-electron chi connectivity index (χ4n) is 10.4. The first-order chi connectivity index (χ1) is 17.7. The molecule has 224 valence electrons. The Morgan fingerprint density at radius 3 is 2.13 bits per heavy atom. The molecule has 0 radical (unpaired) electrons. The van der Waals surface area contributed by atoms with E-state index in [9.17, 15) is 13.0 Å². The van der Waals surface area contributed by atoms with Gasteiger partial charge in [0.25, 0.3) is 0 Å². The van der Waals surface area contributed by atoms with Crippen LogP contribution in [0.5, 0.6) is 0 Å². The molecule has 4 aliphatic carbocycles. The number of hydrogen-bond donors (Lipinski definition) is 1. The van der Waals surface area contributed by atoms with E-state index in [4.69, 9.17) is 0 Å². The average Bonchev–Trinajstić information content (AvgIpc) is 3.16. The van der Waals surface area contributed by atoms with E-state index in [1.54, 1.807) is 19.8 Å². The van der Waals surface area contributed by atoms with Gasteiger partial charge in [0.1, 0.15) is 0 Å². The zero-order chi connectivity index (χ0) is 28.4. The van der Waals surface area contributed by atoms with Crippen LogP contribution in [-0.2, 0) is 10.1 Å². The van der Waals surface area contributed by atoms with Gasteiger partial charge in [0.05, 0.1) is 36.8 Å². The second kappa shape index (κ2) is 12.8. The summed E-state index contributed by atoms with van der Waals surface area (Å²) in [4.78, 5) is 0. The minimum Gasteiger partial charge on any atom is -0.748 e. The van der Waals surface area contributed by atoms with Crippen LogP contribution in [0.15, 0.2) is 0 Å². The molecule has 0 aromatic rings. The molecule has 0 saturated heterocycles. The summed E-state index contributed by atoms with van der Waals surface area (Å²) >= 11 is 0. The van der Waals surface area contributed by atoms with E-state index in [-0.39, 0.29) is 5.75 Å². The maximum absolute atomic E-state index is 9.68. The van der Waals surface area contributed by atoms with Gasteiger partial charge in [-0.3, -0.25) is 4.59 Å². The van der Waals surface area contributed by atoms with E-state index in [1.807, 2.05) is 0 Å². The van der Waals surface area contributed by atoms with Gasteiger partial charge in [-0.1, -0.05) is 54.4 Å². The largest absolute Gasteiger partial charge is 0.748 e. The summed E-state index contributed by atoms with van der Waals surface area (Å²) < 4.78 is 30.0. The summed E-state index contributed by atoms with van der Waals surface area (Å²) in [7, 11) is 0.810. The molecule has 0 aliphatic heterocycles. The van der Waals surface area contributed by atoms with Gasteiger partial charge in [-0.05, 0) is 117 Å². The number of rotatable bonds is 9. The summed E-state index contributed by atoms with van der Waals surface area (Å²) in [5.41, 5.74) is 5.30. The van der Waals surface area contributed by atoms with Crippen molar-refractivity contribution in [2.75, 3.05) is 26.4 Å². The first-order valence-corrected chi connectivity index (χ1v) is 17.8. The minimum atomic E-state index is -3.92. The molecule has 1 N–H and O–H groups in total. The molecule has 4 fully saturated rings. The predicted octanol–water partition coefficient (Wildman–Crippen LogP) is 7.38. The molecule has 0 amide bonds. The first-order valence-electron chi connectivity index (χ1n) is 16.2. The highest BCUT2D eigenvalue weighted by molar-refractivity contribution is 7.85. The topological polar surface area (TPSA) is 69.2 Å². The van der Waals surface area contributed by atoms with Gasteiger partial charge in [-0.2, -0.15) is 5.43 Å². The van der Waals surface area contributed by atoms with Crippen LogP contribution in [0.1, 0.15) is 125 Å². The van der Waals surface area contributed by atoms with Crippen molar-refractivity contribution < 1.29 is 17.6 Å². The van der Waals surface area contributed by atoms with Crippen molar-refractivity contribution in [3.63, 3.8) is 0 Å². The van der Waals surface area contributed by atoms with Crippen LogP contribution in [0.3, 0.4) is 0 Å². The zero-order valence-corrected chi connectivity index (χ0v) is 27.0. The Morgan fingerprint density at radius 2 is 1.55 bits per heavy atom. The number of fused-ring (bicyclic) bond motifs is 5. The lowest BCUT2D eigenvalue weighted by Crippen LogP contribution is -2.60. The van der Waals surface area contributed by atoms with Gasteiger partial charge < -0.3 is 4.55 Å². The molecule has 9 atom stereocenters. The van der Waals surface area contributed by atoms with Crippen LogP contribution < -0.4 is 5.43 Å². The van der Waals surface area contributed by atoms with Crippen LogP contribution in [0.25, 0.3) is 0 Å². The molecule has 0 heterocycles. The lowest BCUT2D eigenvalue weighted by atomic mass is 9.44. The molecule has 5 nitrogen and oxygen atoms in total. The Bertz CT molecular complexity index is 861. The predicted molar refractivity (Wildman–Crippen MR) is 158 cm³/mol. The van der Waals surface area contributed by atoms with E-state index in [1.165, 1.54) is 70.8 Å². The molecule has 5 unspecified atom stereocenters. The molecule has 4 rings (SSSR count). The normalized spacial score (nSPS) is 39.8. The third-order valence-electron chi connectivity index (χ3n) is 11.9. The Kier molecular flexibility index (Phi) is 10.9. The maximum atomic E-state index is 9.68. The lowest BCUT2D eigenvalue weighted by molar-refractivity contribution is -0.937. The fraction of sp³-hybridized carbons (Fsp3) is 1.00. The van der Waals surface area contributed by atoms with Crippen molar-refractivity contribution in [1.82, 2.24) is 5.43 Å². The fourth-order valence-corrected chi connectivity index (χ4v) is 10.9. The molecule has 0 aromatic heterocycles. The van der Waals surface area contributed by atoms with Gasteiger partial charge in [0.2, 0.25) is 0 Å². The van der Waals surface area contributed by atoms with Crippen LogP contribution in [0.2, 0.25) is 0 Å². The van der Waals surface area contributed by atoms with Gasteiger partial charge in [0.15, 0.2) is 0 Å². The molecule has 4 aliphatic rings. The summed E-state index contributed by atoms with van der Waals surface area (Å²) in [6, 6.07) is 0.732. The summed E-state index contributed by atoms with van der Waals surface area (Å²) in [5, 5.41) is 0. The molecule has 4 saturated carbocycles. The second-order valence-electron chi connectivity index (χ2n) is 14.9. The van der Waals surface area contributed by atoms with Crippen molar-refractivity contribution >= 4 is 10.1 Å². The number of hydrogen-bond acceptors (Lipinski definition) is 4. The molecule has 0 bridgehead atoms. The third kappa shape index (κ3) is 7.18. The average molecular weight is 555 g/mol. The van der Waals surface area contributed by atoms with Crippen LogP contribution >= 0.6 is 0 Å². The summed E-state index contributed by atoms with van der Waals surface area (Å²) in [6.45, 7) is 15.6. The Labute approximate surface area is 236 Å². The molecular formula is C32H62N2O3S. The van der Waals surface area contributed by atoms with Gasteiger partial charge in [0, 0.05) is 5.75 Å². The number of nitrogens with one attached hydrogen (secondary N) is 1. The first kappa shape index (κ1) is 32.3. The molecule has 38 heavy (non-hydrogen) atoms. The van der Waals surface area contributed by atoms with Crippen LogP contribution in [-0.4, -0.2) is 50.0 Å². The van der Waals surface area contributed by atoms with E-state index in [0.29, 0.717) is 17.3 Å². The van der Waals surface area contributed by atoms with Gasteiger partial charge in [-0.15, -0.1) is 0 Å². The molecule has 0 aromatic carbocycles. The monoisotopic (exact) mass is 554 g/mol. The maximum Gasteiger partial charge on any atom is 0.0955 e. The Morgan fingerprint density at radius 1 is 0.895 bits per heavy atom. The standard InChI is InChI=1S/C29H55N2.C3H8O3S/c1-8-10-21(3)25-13-14-26-24-12-11-22-20-23(30-31(6,7)19-9-2)15-17-28(22,4)27(24)16-18-29(25,26)5;1-2-3-7(4,5)6/h21-27,30H,8-20H2,1-7H3;2-3H2,1H3,(H,4,5,6)/q+1;/p-1/t21-,22?,23?,24?,25-,26?,27?,28+,29-;/m1./s1. The zero-order valence-electron chi connectivity index (χ0n) is 26.2. The Hall–Kier alpha value is -0.170.